The molecule has 0 bridgehead atoms. The molecule has 26 heavy (non-hydrogen) atoms. The van der Waals surface area contributed by atoms with Gasteiger partial charge in [0.25, 0.3) is 0 Å². The van der Waals surface area contributed by atoms with E-state index in [2.05, 4.69) is 15.3 Å². The summed E-state index contributed by atoms with van der Waals surface area (Å²) < 4.78 is 31.6. The molecule has 0 fully saturated rings. The summed E-state index contributed by atoms with van der Waals surface area (Å²) >= 11 is 0. The van der Waals surface area contributed by atoms with Crippen molar-refractivity contribution >= 4 is 16.1 Å². The molecule has 3 N–H and O–H groups in total. The third-order valence-electron chi connectivity index (χ3n) is 4.03. The number of hydrogen-bond donors (Lipinski definition) is 2. The summed E-state index contributed by atoms with van der Waals surface area (Å²) in [5.41, 5.74) is 0.962. The van der Waals surface area contributed by atoms with Crippen LogP contribution in [-0.4, -0.2) is 48.3 Å². The summed E-state index contributed by atoms with van der Waals surface area (Å²) in [7, 11) is -4.00. The fourth-order valence-electron chi connectivity index (χ4n) is 2.60. The fourth-order valence-corrected chi connectivity index (χ4v) is 3.65. The standard InChI is InChI=1S/C16H23N6O3S/c1-14-3-5-15(6-4-14)26(23,24)25-22(17)12-9-20-16(22)19-7-2-10-21-11-8-18-13-21/h3-6,8,11,13H,2,7,9-10,12,17H2,1H3,(H,19,20)/q+1. The van der Waals surface area contributed by atoms with Crippen LogP contribution in [0.15, 0.2) is 52.9 Å². The van der Waals surface area contributed by atoms with Crippen LogP contribution in [0.4, 0.5) is 0 Å². The number of rotatable bonds is 7. The third kappa shape index (κ3) is 4.28. The Balaban J connectivity index is 1.60. The van der Waals surface area contributed by atoms with Crippen LogP contribution in [0.5, 0.6) is 0 Å². The summed E-state index contributed by atoms with van der Waals surface area (Å²) in [5.74, 6) is 6.47. The molecular weight excluding hydrogens is 356 g/mol. The molecule has 0 aliphatic carbocycles. The van der Waals surface area contributed by atoms with Crippen molar-refractivity contribution in [3.8, 4) is 0 Å². The first-order valence-electron chi connectivity index (χ1n) is 8.33. The summed E-state index contributed by atoms with van der Waals surface area (Å²) in [6, 6.07) is 6.43. The van der Waals surface area contributed by atoms with Gasteiger partial charge in [-0.1, -0.05) is 17.7 Å². The second-order valence-corrected chi connectivity index (χ2v) is 7.68. The van der Waals surface area contributed by atoms with E-state index in [0.717, 1.165) is 18.5 Å². The highest BCUT2D eigenvalue weighted by atomic mass is 32.2. The molecule has 1 atom stereocenters. The Labute approximate surface area is 152 Å². The number of hydrogen-bond acceptors (Lipinski definition) is 7. The van der Waals surface area contributed by atoms with Crippen LogP contribution < -0.4 is 11.2 Å². The van der Waals surface area contributed by atoms with E-state index in [4.69, 9.17) is 10.1 Å². The molecule has 140 valence electrons. The van der Waals surface area contributed by atoms with E-state index in [1.807, 2.05) is 17.7 Å². The van der Waals surface area contributed by atoms with Crippen LogP contribution in [0.1, 0.15) is 12.0 Å². The fraction of sp³-hybridized carbons (Fsp3) is 0.375. The maximum absolute atomic E-state index is 12.5. The average Bonchev–Trinajstić information content (AvgIpc) is 3.21. The first-order chi connectivity index (χ1) is 12.4. The number of aromatic nitrogens is 2. The van der Waals surface area contributed by atoms with Crippen molar-refractivity contribution in [2.45, 2.75) is 24.8 Å². The number of nitrogens with one attached hydrogen (secondary N) is 1. The zero-order valence-corrected chi connectivity index (χ0v) is 15.4. The lowest BCUT2D eigenvalue weighted by atomic mass is 10.2. The van der Waals surface area contributed by atoms with Gasteiger partial charge in [-0.05, 0) is 34.5 Å². The number of benzene rings is 1. The molecule has 9 nitrogen and oxygen atoms in total. The Hall–Kier alpha value is -2.27. The van der Waals surface area contributed by atoms with Gasteiger partial charge >= 0.3 is 16.1 Å². The highest BCUT2D eigenvalue weighted by Crippen LogP contribution is 2.19. The van der Waals surface area contributed by atoms with E-state index in [1.165, 1.54) is 12.1 Å². The zero-order valence-electron chi connectivity index (χ0n) is 14.6. The predicted molar refractivity (Wildman–Crippen MR) is 95.9 cm³/mol. The largest absolute Gasteiger partial charge is 0.353 e. The molecule has 0 saturated heterocycles. The van der Waals surface area contributed by atoms with E-state index in [0.29, 0.717) is 19.0 Å². The second kappa shape index (κ2) is 7.54. The Morgan fingerprint density at radius 2 is 2.12 bits per heavy atom. The number of guanidine groups is 1. The molecule has 0 amide bonds. The van der Waals surface area contributed by atoms with Crippen molar-refractivity contribution in [3.05, 3.63) is 48.5 Å². The summed E-state index contributed by atoms with van der Waals surface area (Å²) in [4.78, 5) is 8.31. The number of nitrogens with zero attached hydrogens (tertiary/aromatic N) is 4. The molecule has 1 aliphatic rings. The smallest absolute Gasteiger partial charge is 0.337 e. The van der Waals surface area contributed by atoms with Crippen molar-refractivity contribution < 1.29 is 17.5 Å². The van der Waals surface area contributed by atoms with Crippen molar-refractivity contribution in [2.24, 2.45) is 10.8 Å². The van der Waals surface area contributed by atoms with Gasteiger partial charge in [-0.15, -0.1) is 5.84 Å². The minimum atomic E-state index is -4.00. The molecule has 0 spiro atoms. The maximum atomic E-state index is 12.5. The van der Waals surface area contributed by atoms with Gasteiger partial charge in [0, 0.05) is 25.5 Å². The zero-order chi connectivity index (χ0) is 18.6. The van der Waals surface area contributed by atoms with Crippen LogP contribution >= 0.6 is 0 Å². The quantitative estimate of drug-likeness (QED) is 0.413. The number of aliphatic imine (C=N–C) groups is 1. The lowest BCUT2D eigenvalue weighted by Gasteiger charge is -2.24. The highest BCUT2D eigenvalue weighted by Gasteiger charge is 2.43. The molecule has 1 aliphatic heterocycles. The van der Waals surface area contributed by atoms with Crippen LogP contribution in [0, 0.1) is 6.92 Å². The Morgan fingerprint density at radius 3 is 2.81 bits per heavy atom. The summed E-state index contributed by atoms with van der Waals surface area (Å²) in [6.45, 7) is 3.89. The van der Waals surface area contributed by atoms with Gasteiger partial charge in [0.05, 0.1) is 11.2 Å². The van der Waals surface area contributed by atoms with Gasteiger partial charge < -0.3 is 9.88 Å². The second-order valence-electron chi connectivity index (χ2n) is 6.15. The number of nitrogens with two attached hydrogens (primary N) is 1. The van der Waals surface area contributed by atoms with Crippen LogP contribution in [-0.2, 0) is 20.9 Å². The molecule has 2 aromatic rings. The average molecular weight is 379 g/mol. The van der Waals surface area contributed by atoms with E-state index >= 15 is 0 Å². The lowest BCUT2D eigenvalue weighted by molar-refractivity contribution is -1.01. The topological polar surface area (TPSA) is 112 Å². The number of imidazole rings is 1. The Morgan fingerprint density at radius 1 is 1.35 bits per heavy atom. The van der Waals surface area contributed by atoms with Crippen LogP contribution in [0.2, 0.25) is 0 Å². The summed E-state index contributed by atoms with van der Waals surface area (Å²) in [6.07, 6.45) is 6.15. The van der Waals surface area contributed by atoms with Gasteiger partial charge in [0.15, 0.2) is 6.54 Å². The van der Waals surface area contributed by atoms with E-state index < -0.39 is 14.9 Å². The van der Waals surface area contributed by atoms with Crippen LogP contribution in [0.25, 0.3) is 0 Å². The van der Waals surface area contributed by atoms with Gasteiger partial charge in [-0.25, -0.2) is 9.98 Å². The number of quaternary nitrogens is 1. The van der Waals surface area contributed by atoms with Crippen LogP contribution in [0.3, 0.4) is 0 Å². The van der Waals surface area contributed by atoms with E-state index in [1.54, 1.807) is 24.7 Å². The molecule has 3 rings (SSSR count). The first kappa shape index (κ1) is 18.5. The molecule has 1 aromatic carbocycles. The Kier molecular flexibility index (Phi) is 5.37. The lowest BCUT2D eigenvalue weighted by Crippen LogP contribution is -2.61. The molecular formula is C16H23N6O3S+. The van der Waals surface area contributed by atoms with Gasteiger partial charge in [-0.3, -0.25) is 0 Å². The normalized spacial score (nSPS) is 20.2. The van der Waals surface area contributed by atoms with Gasteiger partial charge in [0.2, 0.25) is 0 Å². The molecule has 10 heteroatoms. The Bertz CT molecular complexity index is 864. The van der Waals surface area contributed by atoms with Crippen molar-refractivity contribution in [1.82, 2.24) is 14.9 Å². The maximum Gasteiger partial charge on any atom is 0.353 e. The predicted octanol–water partition coefficient (Wildman–Crippen LogP) is 0.552. The molecule has 2 heterocycles. The SMILES string of the molecule is Cc1ccc(S(=O)(=O)O[N+]2(N)CCN=C2NCCCn2ccnc2)cc1. The minimum absolute atomic E-state index is 0.0670. The van der Waals surface area contributed by atoms with Gasteiger partial charge in [-0.2, -0.15) is 8.42 Å². The summed E-state index contributed by atoms with van der Waals surface area (Å²) in [5, 5.41) is 3.09. The highest BCUT2D eigenvalue weighted by molar-refractivity contribution is 7.86. The van der Waals surface area contributed by atoms with Crippen molar-refractivity contribution in [3.63, 3.8) is 0 Å². The van der Waals surface area contributed by atoms with E-state index in [-0.39, 0.29) is 11.4 Å². The monoisotopic (exact) mass is 379 g/mol. The molecule has 1 unspecified atom stereocenters. The van der Waals surface area contributed by atoms with E-state index in [9.17, 15) is 8.42 Å². The third-order valence-corrected chi connectivity index (χ3v) is 5.34. The van der Waals surface area contributed by atoms with Crippen molar-refractivity contribution in [1.29, 1.82) is 0 Å². The van der Waals surface area contributed by atoms with Crippen molar-refractivity contribution in [2.75, 3.05) is 19.6 Å². The molecule has 0 saturated carbocycles. The molecule has 1 aromatic heterocycles. The molecule has 0 radical (unpaired) electrons. The van der Waals surface area contributed by atoms with Gasteiger partial charge in [0.1, 0.15) is 6.54 Å². The number of hydroxylamine groups is 2. The number of aryl methyl sites for hydroxylation is 2. The minimum Gasteiger partial charge on any atom is -0.337 e. The first-order valence-corrected chi connectivity index (χ1v) is 9.74.